The molecule has 0 aliphatic carbocycles. The first-order valence-corrected chi connectivity index (χ1v) is 7.55. The minimum absolute atomic E-state index is 0.0557. The Morgan fingerprint density at radius 1 is 1.25 bits per heavy atom. The first kappa shape index (κ1) is 15.2. The molecule has 2 rings (SSSR count). The van der Waals surface area contributed by atoms with Crippen LogP contribution in [0.5, 0.6) is 5.88 Å². The summed E-state index contributed by atoms with van der Waals surface area (Å²) in [5, 5.41) is 0. The van der Waals surface area contributed by atoms with E-state index >= 15 is 0 Å². The van der Waals surface area contributed by atoms with Crippen molar-refractivity contribution in [1.82, 2.24) is 14.9 Å². The summed E-state index contributed by atoms with van der Waals surface area (Å²) in [6.07, 6.45) is 7.86. The van der Waals surface area contributed by atoms with E-state index in [1.54, 1.807) is 19.5 Å². The van der Waals surface area contributed by atoms with Crippen LogP contribution in [0.4, 0.5) is 0 Å². The van der Waals surface area contributed by atoms with E-state index in [4.69, 9.17) is 10.5 Å². The highest BCUT2D eigenvalue weighted by molar-refractivity contribution is 5.25. The molecule has 5 heteroatoms. The molecule has 1 aliphatic heterocycles. The summed E-state index contributed by atoms with van der Waals surface area (Å²) in [7, 11) is 1.62. The Morgan fingerprint density at radius 2 is 1.85 bits per heavy atom. The van der Waals surface area contributed by atoms with Gasteiger partial charge in [-0.15, -0.1) is 0 Å². The van der Waals surface area contributed by atoms with Crippen molar-refractivity contribution in [2.24, 2.45) is 5.73 Å². The van der Waals surface area contributed by atoms with Crippen LogP contribution in [0.15, 0.2) is 12.4 Å². The molecule has 1 aliphatic rings. The Labute approximate surface area is 121 Å². The van der Waals surface area contributed by atoms with E-state index in [1.165, 1.54) is 12.8 Å². The van der Waals surface area contributed by atoms with Crippen molar-refractivity contribution in [3.05, 3.63) is 18.1 Å². The van der Waals surface area contributed by atoms with Gasteiger partial charge in [0, 0.05) is 17.9 Å². The summed E-state index contributed by atoms with van der Waals surface area (Å²) in [5.74, 6) is 0.547. The number of likely N-dealkylation sites (tertiary alicyclic amines) is 1. The van der Waals surface area contributed by atoms with Crippen molar-refractivity contribution in [2.45, 2.75) is 51.1 Å². The van der Waals surface area contributed by atoms with Crippen LogP contribution in [-0.4, -0.2) is 40.6 Å². The number of hydrogen-bond acceptors (Lipinski definition) is 5. The predicted molar refractivity (Wildman–Crippen MR) is 79.6 cm³/mol. The average Bonchev–Trinajstić information content (AvgIpc) is 3.03. The first-order valence-electron chi connectivity index (χ1n) is 7.55. The lowest BCUT2D eigenvalue weighted by molar-refractivity contribution is 0.0739. The standard InChI is InChI=1S/C15H26N4O/c1-4-15(5-2,19-10-6-7-11-19)13(16)12-14(20-3)18-9-8-17-12/h8-9,13H,4-7,10-11,16H2,1-3H3. The van der Waals surface area contributed by atoms with Gasteiger partial charge < -0.3 is 10.5 Å². The molecule has 2 heterocycles. The van der Waals surface area contributed by atoms with Gasteiger partial charge in [-0.05, 0) is 38.8 Å². The Hall–Kier alpha value is -1.20. The van der Waals surface area contributed by atoms with Crippen molar-refractivity contribution in [1.29, 1.82) is 0 Å². The SMILES string of the molecule is CCC(CC)(C(N)c1nccnc1OC)N1CCCC1. The maximum Gasteiger partial charge on any atom is 0.237 e. The van der Waals surface area contributed by atoms with E-state index in [9.17, 15) is 0 Å². The molecule has 112 valence electrons. The van der Waals surface area contributed by atoms with Crippen molar-refractivity contribution in [3.8, 4) is 5.88 Å². The van der Waals surface area contributed by atoms with Gasteiger partial charge in [-0.2, -0.15) is 0 Å². The third-order valence-corrected chi connectivity index (χ3v) is 4.72. The van der Waals surface area contributed by atoms with E-state index in [2.05, 4.69) is 28.7 Å². The fourth-order valence-electron chi connectivity index (χ4n) is 3.46. The first-order chi connectivity index (χ1) is 9.69. The van der Waals surface area contributed by atoms with Gasteiger partial charge in [0.25, 0.3) is 0 Å². The zero-order chi connectivity index (χ0) is 14.6. The van der Waals surface area contributed by atoms with E-state index in [0.717, 1.165) is 31.6 Å². The Balaban J connectivity index is 2.37. The maximum absolute atomic E-state index is 6.63. The van der Waals surface area contributed by atoms with E-state index < -0.39 is 0 Å². The molecular formula is C15H26N4O. The summed E-state index contributed by atoms with van der Waals surface area (Å²) in [4.78, 5) is 11.2. The maximum atomic E-state index is 6.63. The van der Waals surface area contributed by atoms with E-state index in [0.29, 0.717) is 5.88 Å². The molecule has 2 N–H and O–H groups in total. The molecule has 0 amide bonds. The number of nitrogens with two attached hydrogens (primary N) is 1. The third kappa shape index (κ3) is 2.52. The summed E-state index contributed by atoms with van der Waals surface area (Å²) >= 11 is 0. The summed E-state index contributed by atoms with van der Waals surface area (Å²) in [5.41, 5.74) is 7.34. The molecule has 0 spiro atoms. The summed E-state index contributed by atoms with van der Waals surface area (Å²) < 4.78 is 5.34. The zero-order valence-electron chi connectivity index (χ0n) is 12.8. The van der Waals surface area contributed by atoms with Gasteiger partial charge in [-0.1, -0.05) is 13.8 Å². The number of rotatable bonds is 6. The molecule has 5 nitrogen and oxygen atoms in total. The molecule has 1 saturated heterocycles. The van der Waals surface area contributed by atoms with Crippen LogP contribution >= 0.6 is 0 Å². The second kappa shape index (κ2) is 6.50. The number of nitrogens with zero attached hydrogens (tertiary/aromatic N) is 3. The highest BCUT2D eigenvalue weighted by Crippen LogP contribution is 2.39. The molecular weight excluding hydrogens is 252 g/mol. The smallest absolute Gasteiger partial charge is 0.237 e. The topological polar surface area (TPSA) is 64.3 Å². The number of methoxy groups -OCH3 is 1. The van der Waals surface area contributed by atoms with Crippen LogP contribution in [0.3, 0.4) is 0 Å². The second-order valence-corrected chi connectivity index (χ2v) is 5.43. The van der Waals surface area contributed by atoms with Gasteiger partial charge in [0.1, 0.15) is 5.69 Å². The van der Waals surface area contributed by atoms with E-state index in [1.807, 2.05) is 0 Å². The summed E-state index contributed by atoms with van der Waals surface area (Å²) in [6, 6.07) is -0.181. The molecule has 20 heavy (non-hydrogen) atoms. The second-order valence-electron chi connectivity index (χ2n) is 5.43. The van der Waals surface area contributed by atoms with E-state index in [-0.39, 0.29) is 11.6 Å². The molecule has 0 aromatic carbocycles. The lowest BCUT2D eigenvalue weighted by Crippen LogP contribution is -2.54. The normalized spacial score (nSPS) is 18.2. The molecule has 1 atom stereocenters. The highest BCUT2D eigenvalue weighted by Gasteiger charge is 2.42. The molecule has 0 radical (unpaired) electrons. The lowest BCUT2D eigenvalue weighted by Gasteiger charge is -2.45. The van der Waals surface area contributed by atoms with Crippen LogP contribution in [0, 0.1) is 0 Å². The minimum atomic E-state index is -0.181. The Morgan fingerprint density at radius 3 is 2.40 bits per heavy atom. The van der Waals surface area contributed by atoms with Crippen molar-refractivity contribution >= 4 is 0 Å². The van der Waals surface area contributed by atoms with Crippen molar-refractivity contribution < 1.29 is 4.74 Å². The predicted octanol–water partition coefficient (Wildman–Crippen LogP) is 2.14. The highest BCUT2D eigenvalue weighted by atomic mass is 16.5. The van der Waals surface area contributed by atoms with Crippen molar-refractivity contribution in [2.75, 3.05) is 20.2 Å². The van der Waals surface area contributed by atoms with Gasteiger partial charge in [-0.3, -0.25) is 9.88 Å². The zero-order valence-corrected chi connectivity index (χ0v) is 12.8. The van der Waals surface area contributed by atoms with Crippen LogP contribution in [-0.2, 0) is 0 Å². The van der Waals surface area contributed by atoms with Crippen LogP contribution in [0.25, 0.3) is 0 Å². The van der Waals surface area contributed by atoms with Crippen molar-refractivity contribution in [3.63, 3.8) is 0 Å². The fourth-order valence-corrected chi connectivity index (χ4v) is 3.46. The van der Waals surface area contributed by atoms with Crippen LogP contribution in [0.2, 0.25) is 0 Å². The third-order valence-electron chi connectivity index (χ3n) is 4.72. The molecule has 1 aromatic rings. The quantitative estimate of drug-likeness (QED) is 0.863. The molecule has 0 bridgehead atoms. The van der Waals surface area contributed by atoms with Crippen LogP contribution < -0.4 is 10.5 Å². The van der Waals surface area contributed by atoms with Gasteiger partial charge in [0.05, 0.1) is 13.2 Å². The Bertz CT molecular complexity index is 428. The molecule has 1 unspecified atom stereocenters. The van der Waals surface area contributed by atoms with Gasteiger partial charge in [0.15, 0.2) is 0 Å². The average molecular weight is 278 g/mol. The molecule has 1 aromatic heterocycles. The largest absolute Gasteiger partial charge is 0.480 e. The van der Waals surface area contributed by atoms with Crippen LogP contribution in [0.1, 0.15) is 51.3 Å². The molecule has 0 saturated carbocycles. The van der Waals surface area contributed by atoms with Gasteiger partial charge in [0.2, 0.25) is 5.88 Å². The monoisotopic (exact) mass is 278 g/mol. The number of aromatic nitrogens is 2. The van der Waals surface area contributed by atoms with Gasteiger partial charge >= 0.3 is 0 Å². The Kier molecular flexibility index (Phi) is 4.94. The minimum Gasteiger partial charge on any atom is -0.480 e. The lowest BCUT2D eigenvalue weighted by atomic mass is 9.81. The fraction of sp³-hybridized carbons (Fsp3) is 0.733. The number of ether oxygens (including phenoxy) is 1. The summed E-state index contributed by atoms with van der Waals surface area (Å²) in [6.45, 7) is 6.67. The molecule has 1 fully saturated rings. The number of hydrogen-bond donors (Lipinski definition) is 1. The van der Waals surface area contributed by atoms with Gasteiger partial charge in [-0.25, -0.2) is 4.98 Å².